The summed E-state index contributed by atoms with van der Waals surface area (Å²) in [4.78, 5) is 41.9. The third kappa shape index (κ3) is 2.59. The van der Waals surface area contributed by atoms with Crippen molar-refractivity contribution in [1.82, 2.24) is 20.6 Å². The first kappa shape index (κ1) is 13.6. The number of carbonyl (C=O) groups is 3. The summed E-state index contributed by atoms with van der Waals surface area (Å²) in [6.45, 7) is 0. The van der Waals surface area contributed by atoms with Gasteiger partial charge in [0.1, 0.15) is 11.6 Å². The van der Waals surface area contributed by atoms with Gasteiger partial charge in [0.25, 0.3) is 5.91 Å². The zero-order valence-electron chi connectivity index (χ0n) is 10.8. The number of imidazole rings is 1. The lowest BCUT2D eigenvalue weighted by Gasteiger charge is -2.21. The van der Waals surface area contributed by atoms with Crippen molar-refractivity contribution in [2.24, 2.45) is 0 Å². The van der Waals surface area contributed by atoms with Crippen LogP contribution >= 0.6 is 11.6 Å². The highest BCUT2D eigenvalue weighted by Crippen LogP contribution is 2.19. The molecule has 1 aromatic carbocycles. The molecular formula is C13H11ClN4O3. The largest absolute Gasteiger partial charge is 0.340 e. The van der Waals surface area contributed by atoms with Gasteiger partial charge in [-0.05, 0) is 30.2 Å². The summed E-state index contributed by atoms with van der Waals surface area (Å²) in [6.07, 6.45) is 0.489. The number of hydrogen-bond acceptors (Lipinski definition) is 4. The Bertz CT molecular complexity index is 755. The molecule has 3 rings (SSSR count). The first-order chi connectivity index (χ1) is 10.0. The Morgan fingerprint density at radius 3 is 2.95 bits per heavy atom. The molecule has 2 heterocycles. The summed E-state index contributed by atoms with van der Waals surface area (Å²) in [5.74, 6) is -1.25. The van der Waals surface area contributed by atoms with Crippen LogP contribution < -0.4 is 10.6 Å². The molecule has 1 aliphatic heterocycles. The highest BCUT2D eigenvalue weighted by atomic mass is 35.5. The SMILES string of the molecule is O=C1CCC(NC(=O)c2cccc3[nH]c(Cl)nc23)C(=O)N1. The molecule has 1 aromatic heterocycles. The number of H-pyrrole nitrogens is 1. The van der Waals surface area contributed by atoms with Crippen molar-refractivity contribution in [3.63, 3.8) is 0 Å². The average molecular weight is 307 g/mol. The van der Waals surface area contributed by atoms with Gasteiger partial charge in [-0.15, -0.1) is 0 Å². The number of hydrogen-bond donors (Lipinski definition) is 3. The van der Waals surface area contributed by atoms with Crippen LogP contribution in [0.15, 0.2) is 18.2 Å². The Morgan fingerprint density at radius 1 is 1.38 bits per heavy atom. The topological polar surface area (TPSA) is 104 Å². The van der Waals surface area contributed by atoms with Crippen molar-refractivity contribution in [2.45, 2.75) is 18.9 Å². The van der Waals surface area contributed by atoms with Gasteiger partial charge in [0.15, 0.2) is 0 Å². The molecule has 0 saturated carbocycles. The molecule has 1 atom stereocenters. The number of aromatic nitrogens is 2. The van der Waals surface area contributed by atoms with E-state index in [1.54, 1.807) is 18.2 Å². The number of benzene rings is 1. The van der Waals surface area contributed by atoms with Crippen molar-refractivity contribution in [2.75, 3.05) is 0 Å². The van der Waals surface area contributed by atoms with Gasteiger partial charge in [0.2, 0.25) is 17.1 Å². The quantitative estimate of drug-likeness (QED) is 0.712. The molecule has 2 aromatic rings. The second-order valence-corrected chi connectivity index (χ2v) is 5.06. The van der Waals surface area contributed by atoms with E-state index in [2.05, 4.69) is 20.6 Å². The summed E-state index contributed by atoms with van der Waals surface area (Å²) >= 11 is 5.79. The van der Waals surface area contributed by atoms with Crippen molar-refractivity contribution >= 4 is 40.4 Å². The number of halogens is 1. The molecule has 3 N–H and O–H groups in total. The molecule has 21 heavy (non-hydrogen) atoms. The van der Waals surface area contributed by atoms with Crippen LogP contribution in [0.2, 0.25) is 5.28 Å². The van der Waals surface area contributed by atoms with E-state index in [4.69, 9.17) is 11.6 Å². The van der Waals surface area contributed by atoms with Gasteiger partial charge < -0.3 is 10.3 Å². The molecule has 0 bridgehead atoms. The molecule has 0 spiro atoms. The summed E-state index contributed by atoms with van der Waals surface area (Å²) < 4.78 is 0. The Balaban J connectivity index is 1.84. The normalized spacial score (nSPS) is 18.6. The predicted molar refractivity (Wildman–Crippen MR) is 74.7 cm³/mol. The van der Waals surface area contributed by atoms with Gasteiger partial charge in [-0.3, -0.25) is 19.7 Å². The fourth-order valence-electron chi connectivity index (χ4n) is 2.25. The lowest BCUT2D eigenvalue weighted by molar-refractivity contribution is -0.134. The average Bonchev–Trinajstić information content (AvgIpc) is 2.81. The van der Waals surface area contributed by atoms with E-state index < -0.39 is 17.9 Å². The van der Waals surface area contributed by atoms with Gasteiger partial charge in [-0.1, -0.05) is 6.07 Å². The molecule has 108 valence electrons. The van der Waals surface area contributed by atoms with E-state index in [9.17, 15) is 14.4 Å². The van der Waals surface area contributed by atoms with Crippen LogP contribution in [-0.4, -0.2) is 33.7 Å². The number of aromatic amines is 1. The van der Waals surface area contributed by atoms with Gasteiger partial charge in [0.05, 0.1) is 11.1 Å². The van der Waals surface area contributed by atoms with Crippen molar-refractivity contribution in [1.29, 1.82) is 0 Å². The monoisotopic (exact) mass is 306 g/mol. The molecule has 1 fully saturated rings. The van der Waals surface area contributed by atoms with Crippen molar-refractivity contribution in [3.05, 3.63) is 29.0 Å². The van der Waals surface area contributed by atoms with Crippen LogP contribution in [0.4, 0.5) is 0 Å². The number of nitrogens with zero attached hydrogens (tertiary/aromatic N) is 1. The summed E-state index contributed by atoms with van der Waals surface area (Å²) in [5, 5.41) is 4.99. The standard InChI is InChI=1S/C13H11ClN4O3/c14-13-16-7-3-1-2-6(10(7)18-13)11(20)15-8-4-5-9(19)17-12(8)21/h1-3,8H,4-5H2,(H,15,20)(H,16,18)(H,17,19,21). The molecule has 1 unspecified atom stereocenters. The molecule has 8 heteroatoms. The Hall–Kier alpha value is -2.41. The van der Waals surface area contributed by atoms with Crippen LogP contribution in [-0.2, 0) is 9.59 Å². The van der Waals surface area contributed by atoms with Crippen LogP contribution in [0, 0.1) is 0 Å². The van der Waals surface area contributed by atoms with E-state index in [-0.39, 0.29) is 24.0 Å². The van der Waals surface area contributed by atoms with Crippen LogP contribution in [0.3, 0.4) is 0 Å². The smallest absolute Gasteiger partial charge is 0.254 e. The van der Waals surface area contributed by atoms with E-state index in [0.29, 0.717) is 16.6 Å². The number of rotatable bonds is 2. The van der Waals surface area contributed by atoms with Crippen LogP contribution in [0.25, 0.3) is 11.0 Å². The zero-order chi connectivity index (χ0) is 15.0. The third-order valence-electron chi connectivity index (χ3n) is 3.27. The van der Waals surface area contributed by atoms with E-state index in [1.807, 2.05) is 0 Å². The highest BCUT2D eigenvalue weighted by molar-refractivity contribution is 6.29. The number of carbonyl (C=O) groups excluding carboxylic acids is 3. The second-order valence-electron chi connectivity index (χ2n) is 4.71. The minimum atomic E-state index is -0.722. The second kappa shape index (κ2) is 5.17. The number of para-hydroxylation sites is 1. The number of amides is 3. The predicted octanol–water partition coefficient (Wildman–Crippen LogP) is 0.751. The first-order valence-corrected chi connectivity index (χ1v) is 6.71. The highest BCUT2D eigenvalue weighted by Gasteiger charge is 2.28. The van der Waals surface area contributed by atoms with E-state index in [1.165, 1.54) is 0 Å². The van der Waals surface area contributed by atoms with Crippen LogP contribution in [0.5, 0.6) is 0 Å². The number of imide groups is 1. The van der Waals surface area contributed by atoms with Crippen molar-refractivity contribution in [3.8, 4) is 0 Å². The Morgan fingerprint density at radius 2 is 2.19 bits per heavy atom. The molecule has 3 amide bonds. The maximum atomic E-state index is 12.3. The van der Waals surface area contributed by atoms with Gasteiger partial charge in [-0.25, -0.2) is 4.98 Å². The molecule has 0 aliphatic carbocycles. The molecule has 7 nitrogen and oxygen atoms in total. The molecular weight excluding hydrogens is 296 g/mol. The number of fused-ring (bicyclic) bond motifs is 1. The first-order valence-electron chi connectivity index (χ1n) is 6.33. The fourth-order valence-corrected chi connectivity index (χ4v) is 2.44. The number of nitrogens with one attached hydrogen (secondary N) is 3. The minimum Gasteiger partial charge on any atom is -0.340 e. The lowest BCUT2D eigenvalue weighted by Crippen LogP contribution is -2.52. The molecule has 0 radical (unpaired) electrons. The van der Waals surface area contributed by atoms with Gasteiger partial charge in [-0.2, -0.15) is 0 Å². The number of piperidine rings is 1. The minimum absolute atomic E-state index is 0.186. The maximum absolute atomic E-state index is 12.3. The van der Waals surface area contributed by atoms with Gasteiger partial charge in [0, 0.05) is 6.42 Å². The van der Waals surface area contributed by atoms with E-state index in [0.717, 1.165) is 0 Å². The van der Waals surface area contributed by atoms with E-state index >= 15 is 0 Å². The molecule has 1 aliphatic rings. The summed E-state index contributed by atoms with van der Waals surface area (Å²) in [7, 11) is 0. The van der Waals surface area contributed by atoms with Crippen LogP contribution in [0.1, 0.15) is 23.2 Å². The Labute approximate surface area is 124 Å². The zero-order valence-corrected chi connectivity index (χ0v) is 11.5. The van der Waals surface area contributed by atoms with Crippen molar-refractivity contribution < 1.29 is 14.4 Å². The lowest BCUT2D eigenvalue weighted by atomic mass is 10.1. The fraction of sp³-hybridized carbons (Fsp3) is 0.231. The summed E-state index contributed by atoms with van der Waals surface area (Å²) in [5.41, 5.74) is 1.39. The summed E-state index contributed by atoms with van der Waals surface area (Å²) in [6, 6.07) is 4.31. The third-order valence-corrected chi connectivity index (χ3v) is 3.45. The Kier molecular flexibility index (Phi) is 3.34. The van der Waals surface area contributed by atoms with Gasteiger partial charge >= 0.3 is 0 Å². The maximum Gasteiger partial charge on any atom is 0.254 e. The molecule has 1 saturated heterocycles.